The Morgan fingerprint density at radius 3 is 2.88 bits per heavy atom. The van der Waals surface area contributed by atoms with Gasteiger partial charge in [0.15, 0.2) is 0 Å². The third-order valence-electron chi connectivity index (χ3n) is 3.84. The van der Waals surface area contributed by atoms with E-state index in [1.54, 1.807) is 26.1 Å². The SMILES string of the molecule is CCOc1ccccc1N(C)C(=O)Cn1cnc2onc(C)c2c1=O. The molecule has 2 aromatic heterocycles. The van der Waals surface area contributed by atoms with Crippen LogP contribution in [0.5, 0.6) is 5.75 Å². The third-order valence-corrected chi connectivity index (χ3v) is 3.84. The summed E-state index contributed by atoms with van der Waals surface area (Å²) in [6, 6.07) is 7.24. The molecule has 3 aromatic rings. The van der Waals surface area contributed by atoms with Crippen LogP contribution in [0.2, 0.25) is 0 Å². The van der Waals surface area contributed by atoms with Gasteiger partial charge in [0.05, 0.1) is 18.0 Å². The maximum Gasteiger partial charge on any atom is 0.267 e. The lowest BCUT2D eigenvalue weighted by molar-refractivity contribution is -0.118. The monoisotopic (exact) mass is 342 g/mol. The summed E-state index contributed by atoms with van der Waals surface area (Å²) < 4.78 is 11.8. The zero-order valence-corrected chi connectivity index (χ0v) is 14.2. The molecule has 0 N–H and O–H groups in total. The molecule has 0 saturated carbocycles. The molecule has 0 fully saturated rings. The minimum absolute atomic E-state index is 0.149. The third kappa shape index (κ3) is 3.10. The predicted octanol–water partition coefficient (Wildman–Crippen LogP) is 1.75. The molecule has 0 atom stereocenters. The van der Waals surface area contributed by atoms with E-state index >= 15 is 0 Å². The number of hydrogen-bond acceptors (Lipinski definition) is 6. The summed E-state index contributed by atoms with van der Waals surface area (Å²) in [4.78, 5) is 30.6. The molecular formula is C17H18N4O4. The number of amides is 1. The molecule has 0 aliphatic heterocycles. The highest BCUT2D eigenvalue weighted by Gasteiger charge is 2.18. The Hall–Kier alpha value is -3.16. The fourth-order valence-corrected chi connectivity index (χ4v) is 2.52. The fraction of sp³-hybridized carbons (Fsp3) is 0.294. The smallest absolute Gasteiger partial charge is 0.267 e. The first kappa shape index (κ1) is 16.7. The standard InChI is InChI=1S/C17H18N4O4/c1-4-24-13-8-6-5-7-12(13)20(3)14(22)9-21-10-18-16-15(17(21)23)11(2)19-25-16/h5-8,10H,4,9H2,1-3H3. The van der Waals surface area contributed by atoms with E-state index in [4.69, 9.17) is 9.26 Å². The van der Waals surface area contributed by atoms with E-state index in [-0.39, 0.29) is 29.1 Å². The van der Waals surface area contributed by atoms with E-state index < -0.39 is 0 Å². The van der Waals surface area contributed by atoms with E-state index in [1.807, 2.05) is 19.1 Å². The maximum absolute atomic E-state index is 12.6. The van der Waals surface area contributed by atoms with Crippen LogP contribution in [-0.4, -0.2) is 34.3 Å². The van der Waals surface area contributed by atoms with Crippen molar-refractivity contribution in [3.8, 4) is 5.75 Å². The highest BCUT2D eigenvalue weighted by atomic mass is 16.5. The molecule has 25 heavy (non-hydrogen) atoms. The van der Waals surface area contributed by atoms with Crippen LogP contribution in [0.1, 0.15) is 12.6 Å². The van der Waals surface area contributed by atoms with Gasteiger partial charge in [-0.25, -0.2) is 4.98 Å². The van der Waals surface area contributed by atoms with Gasteiger partial charge in [0.2, 0.25) is 5.91 Å². The van der Waals surface area contributed by atoms with Gasteiger partial charge in [-0.3, -0.25) is 14.2 Å². The first-order valence-electron chi connectivity index (χ1n) is 7.82. The number of benzene rings is 1. The topological polar surface area (TPSA) is 90.5 Å². The lowest BCUT2D eigenvalue weighted by atomic mass is 10.2. The van der Waals surface area contributed by atoms with Gasteiger partial charge in [-0.2, -0.15) is 0 Å². The van der Waals surface area contributed by atoms with Crippen LogP contribution in [0, 0.1) is 6.92 Å². The van der Waals surface area contributed by atoms with Gasteiger partial charge < -0.3 is 14.2 Å². The molecular weight excluding hydrogens is 324 g/mol. The first-order chi connectivity index (χ1) is 12.0. The molecule has 8 nitrogen and oxygen atoms in total. The van der Waals surface area contributed by atoms with E-state index in [9.17, 15) is 9.59 Å². The molecule has 0 radical (unpaired) electrons. The van der Waals surface area contributed by atoms with Gasteiger partial charge in [-0.05, 0) is 26.0 Å². The number of anilines is 1. The van der Waals surface area contributed by atoms with Crippen molar-refractivity contribution in [3.63, 3.8) is 0 Å². The number of ether oxygens (including phenoxy) is 1. The van der Waals surface area contributed by atoms with Crippen LogP contribution in [0.3, 0.4) is 0 Å². The van der Waals surface area contributed by atoms with Crippen LogP contribution in [0.4, 0.5) is 5.69 Å². The maximum atomic E-state index is 12.6. The van der Waals surface area contributed by atoms with E-state index in [0.717, 1.165) is 0 Å². The Bertz CT molecular complexity index is 976. The molecule has 0 aliphatic rings. The number of fused-ring (bicyclic) bond motifs is 1. The zero-order valence-electron chi connectivity index (χ0n) is 14.2. The van der Waals surface area contributed by atoms with Gasteiger partial charge in [-0.1, -0.05) is 17.3 Å². The summed E-state index contributed by atoms with van der Waals surface area (Å²) in [7, 11) is 1.64. The predicted molar refractivity (Wildman–Crippen MR) is 91.8 cm³/mol. The summed E-state index contributed by atoms with van der Waals surface area (Å²) in [6.45, 7) is 3.88. The Labute approximate surface area is 143 Å². The van der Waals surface area contributed by atoms with Crippen molar-refractivity contribution < 1.29 is 14.1 Å². The van der Waals surface area contributed by atoms with Crippen LogP contribution < -0.4 is 15.2 Å². The lowest BCUT2D eigenvalue weighted by Gasteiger charge is -2.20. The zero-order chi connectivity index (χ0) is 18.0. The van der Waals surface area contributed by atoms with Gasteiger partial charge in [0, 0.05) is 7.05 Å². The summed E-state index contributed by atoms with van der Waals surface area (Å²) in [5, 5.41) is 4.01. The fourth-order valence-electron chi connectivity index (χ4n) is 2.52. The minimum atomic E-state index is -0.358. The second-order valence-electron chi connectivity index (χ2n) is 5.48. The quantitative estimate of drug-likeness (QED) is 0.702. The molecule has 8 heteroatoms. The number of para-hydroxylation sites is 2. The van der Waals surface area contributed by atoms with E-state index in [2.05, 4.69) is 10.1 Å². The van der Waals surface area contributed by atoms with Gasteiger partial charge in [-0.15, -0.1) is 0 Å². The highest BCUT2D eigenvalue weighted by Crippen LogP contribution is 2.27. The lowest BCUT2D eigenvalue weighted by Crippen LogP contribution is -2.34. The van der Waals surface area contributed by atoms with Crippen molar-refractivity contribution in [2.75, 3.05) is 18.6 Å². The molecule has 0 aliphatic carbocycles. The Kier molecular flexibility index (Phi) is 4.51. The largest absolute Gasteiger partial charge is 0.492 e. The highest BCUT2D eigenvalue weighted by molar-refractivity contribution is 5.94. The van der Waals surface area contributed by atoms with Crippen LogP contribution in [-0.2, 0) is 11.3 Å². The number of aryl methyl sites for hydroxylation is 1. The molecule has 130 valence electrons. The Morgan fingerprint density at radius 1 is 1.36 bits per heavy atom. The summed E-state index contributed by atoms with van der Waals surface area (Å²) >= 11 is 0. The van der Waals surface area contributed by atoms with Gasteiger partial charge >= 0.3 is 0 Å². The van der Waals surface area contributed by atoms with Crippen LogP contribution in [0.25, 0.3) is 11.1 Å². The summed E-state index contributed by atoms with van der Waals surface area (Å²) in [5.74, 6) is 0.334. The van der Waals surface area contributed by atoms with Gasteiger partial charge in [0.25, 0.3) is 11.3 Å². The number of rotatable bonds is 5. The molecule has 1 aromatic carbocycles. The van der Waals surface area contributed by atoms with Crippen LogP contribution in [0.15, 0.2) is 39.9 Å². The number of likely N-dealkylation sites (N-methyl/N-ethyl adjacent to an activating group) is 1. The minimum Gasteiger partial charge on any atom is -0.492 e. The second kappa shape index (κ2) is 6.76. The number of carbonyl (C=O) groups is 1. The van der Waals surface area contributed by atoms with Crippen LogP contribution >= 0.6 is 0 Å². The number of nitrogens with zero attached hydrogens (tertiary/aromatic N) is 4. The van der Waals surface area contributed by atoms with Crippen molar-refractivity contribution in [2.24, 2.45) is 0 Å². The van der Waals surface area contributed by atoms with Gasteiger partial charge in [0.1, 0.15) is 24.0 Å². The number of hydrogen-bond donors (Lipinski definition) is 0. The second-order valence-corrected chi connectivity index (χ2v) is 5.48. The molecule has 0 saturated heterocycles. The van der Waals surface area contributed by atoms with Crippen molar-refractivity contribution >= 4 is 22.7 Å². The summed E-state index contributed by atoms with van der Waals surface area (Å²) in [5.41, 5.74) is 0.895. The van der Waals surface area contributed by atoms with Crippen molar-refractivity contribution in [3.05, 3.63) is 46.6 Å². The molecule has 1 amide bonds. The first-order valence-corrected chi connectivity index (χ1v) is 7.82. The molecule has 0 bridgehead atoms. The van der Waals surface area contributed by atoms with Crippen molar-refractivity contribution in [2.45, 2.75) is 20.4 Å². The molecule has 0 spiro atoms. The van der Waals surface area contributed by atoms with Crippen molar-refractivity contribution in [1.82, 2.24) is 14.7 Å². The number of carbonyl (C=O) groups excluding carboxylic acids is 1. The average molecular weight is 342 g/mol. The van der Waals surface area contributed by atoms with E-state index in [1.165, 1.54) is 15.8 Å². The molecule has 3 rings (SSSR count). The van der Waals surface area contributed by atoms with E-state index in [0.29, 0.717) is 23.7 Å². The Balaban J connectivity index is 1.89. The Morgan fingerprint density at radius 2 is 2.12 bits per heavy atom. The number of aromatic nitrogens is 3. The van der Waals surface area contributed by atoms with Crippen molar-refractivity contribution in [1.29, 1.82) is 0 Å². The summed E-state index contributed by atoms with van der Waals surface area (Å²) in [6.07, 6.45) is 1.29. The normalized spacial score (nSPS) is 10.8. The average Bonchev–Trinajstić information content (AvgIpc) is 2.99. The molecule has 0 unspecified atom stereocenters. The molecule has 2 heterocycles.